The summed E-state index contributed by atoms with van der Waals surface area (Å²) < 4.78 is 25.0. The first kappa shape index (κ1) is 15.5. The molecule has 21 heavy (non-hydrogen) atoms. The van der Waals surface area contributed by atoms with Crippen LogP contribution in [0.5, 0.6) is 0 Å². The lowest BCUT2D eigenvalue weighted by molar-refractivity contribution is 0.584. The van der Waals surface area contributed by atoms with E-state index in [4.69, 9.17) is 5.73 Å². The average Bonchev–Trinajstić information content (AvgIpc) is 2.45. The van der Waals surface area contributed by atoms with Crippen molar-refractivity contribution >= 4 is 37.4 Å². The molecule has 0 radical (unpaired) electrons. The Morgan fingerprint density at radius 1 is 1.19 bits per heavy atom. The number of anilines is 1. The number of nitrogens with one attached hydrogen (secondary N) is 1. The monoisotopic (exact) mass is 367 g/mol. The largest absolute Gasteiger partial charge is 0.399 e. The van der Waals surface area contributed by atoms with E-state index in [9.17, 15) is 8.42 Å². The molecule has 2 rings (SSSR count). The minimum atomic E-state index is -3.68. The predicted molar refractivity (Wildman–Crippen MR) is 87.5 cm³/mol. The van der Waals surface area contributed by atoms with Crippen LogP contribution < -0.4 is 10.6 Å². The smallest absolute Gasteiger partial charge is 0.276 e. The number of benzene rings is 2. The van der Waals surface area contributed by atoms with Crippen LogP contribution in [0.25, 0.3) is 0 Å². The van der Waals surface area contributed by atoms with E-state index < -0.39 is 10.0 Å². The third-order valence-corrected chi connectivity index (χ3v) is 4.51. The molecule has 0 amide bonds. The molecule has 0 atom stereocenters. The number of nitrogen functional groups attached to an aromatic ring is 1. The molecule has 0 aliphatic rings. The number of halogens is 1. The molecule has 0 spiro atoms. The Morgan fingerprint density at radius 3 is 2.48 bits per heavy atom. The molecule has 3 N–H and O–H groups in total. The maximum Gasteiger partial charge on any atom is 0.276 e. The summed E-state index contributed by atoms with van der Waals surface area (Å²) in [6.07, 6.45) is 0. The summed E-state index contributed by atoms with van der Waals surface area (Å²) in [5, 5.41) is 3.92. The van der Waals surface area contributed by atoms with Crippen LogP contribution in [0.3, 0.4) is 0 Å². The van der Waals surface area contributed by atoms with Crippen LogP contribution in [-0.2, 0) is 10.0 Å². The minimum Gasteiger partial charge on any atom is -0.399 e. The van der Waals surface area contributed by atoms with Crippen molar-refractivity contribution in [1.29, 1.82) is 0 Å². The third-order valence-electron chi connectivity index (χ3n) is 2.76. The number of nitrogens with zero attached hydrogens (tertiary/aromatic N) is 1. The van der Waals surface area contributed by atoms with Crippen molar-refractivity contribution in [2.24, 2.45) is 5.10 Å². The second kappa shape index (κ2) is 6.28. The maximum absolute atomic E-state index is 12.1. The highest BCUT2D eigenvalue weighted by atomic mass is 79.9. The molecule has 0 aliphatic carbocycles. The van der Waals surface area contributed by atoms with Crippen LogP contribution in [0.4, 0.5) is 5.69 Å². The van der Waals surface area contributed by atoms with E-state index in [0.717, 1.165) is 10.0 Å². The van der Waals surface area contributed by atoms with Gasteiger partial charge < -0.3 is 5.73 Å². The summed E-state index contributed by atoms with van der Waals surface area (Å²) in [4.78, 5) is 2.36. The Labute approximate surface area is 132 Å². The van der Waals surface area contributed by atoms with Gasteiger partial charge >= 0.3 is 0 Å². The van der Waals surface area contributed by atoms with Crippen molar-refractivity contribution < 1.29 is 8.42 Å². The van der Waals surface area contributed by atoms with Crippen molar-refractivity contribution in [3.63, 3.8) is 0 Å². The normalized spacial score (nSPS) is 12.2. The second-order valence-corrected chi connectivity index (χ2v) is 6.95. The van der Waals surface area contributed by atoms with Gasteiger partial charge in [-0.2, -0.15) is 18.4 Å². The molecule has 0 bridgehead atoms. The summed E-state index contributed by atoms with van der Waals surface area (Å²) in [5.74, 6) is 0. The Balaban J connectivity index is 2.21. The van der Waals surface area contributed by atoms with E-state index in [-0.39, 0.29) is 4.90 Å². The van der Waals surface area contributed by atoms with Gasteiger partial charge in [0.05, 0.1) is 10.6 Å². The van der Waals surface area contributed by atoms with E-state index in [0.29, 0.717) is 11.4 Å². The molecule has 5 nitrogen and oxygen atoms in total. The highest BCUT2D eigenvalue weighted by Gasteiger charge is 2.12. The van der Waals surface area contributed by atoms with Crippen LogP contribution in [-0.4, -0.2) is 14.1 Å². The molecule has 7 heteroatoms. The topological polar surface area (TPSA) is 84.5 Å². The summed E-state index contributed by atoms with van der Waals surface area (Å²) >= 11 is 3.26. The van der Waals surface area contributed by atoms with E-state index >= 15 is 0 Å². The lowest BCUT2D eigenvalue weighted by Crippen LogP contribution is -2.19. The minimum absolute atomic E-state index is 0.148. The van der Waals surface area contributed by atoms with Gasteiger partial charge in [-0.05, 0) is 48.9 Å². The fourth-order valence-corrected chi connectivity index (χ4v) is 2.74. The molecule has 2 aromatic carbocycles. The standard InChI is InChI=1S/C14H14BrN3O2S/c1-10(11-3-2-4-13(16)9-11)17-18-21(19,20)14-7-5-12(15)6-8-14/h2-9,18H,16H2,1H3. The first-order chi connectivity index (χ1) is 9.88. The average molecular weight is 368 g/mol. The zero-order valence-corrected chi connectivity index (χ0v) is 13.6. The Morgan fingerprint density at radius 2 is 1.86 bits per heavy atom. The Bertz CT molecular complexity index is 771. The molecule has 2 aromatic rings. The molecule has 0 unspecified atom stereocenters. The Hall–Kier alpha value is -1.86. The quantitative estimate of drug-likeness (QED) is 0.494. The van der Waals surface area contributed by atoms with Crippen LogP contribution in [0.2, 0.25) is 0 Å². The number of hydrogen-bond acceptors (Lipinski definition) is 4. The van der Waals surface area contributed by atoms with Gasteiger partial charge in [-0.15, -0.1) is 0 Å². The van der Waals surface area contributed by atoms with Crippen molar-refractivity contribution in [3.8, 4) is 0 Å². The van der Waals surface area contributed by atoms with Gasteiger partial charge in [-0.3, -0.25) is 0 Å². The maximum atomic E-state index is 12.1. The van der Waals surface area contributed by atoms with Crippen molar-refractivity contribution in [3.05, 3.63) is 58.6 Å². The van der Waals surface area contributed by atoms with E-state index in [1.807, 2.05) is 6.07 Å². The summed E-state index contributed by atoms with van der Waals surface area (Å²) in [6.45, 7) is 1.71. The van der Waals surface area contributed by atoms with Gasteiger partial charge in [0, 0.05) is 10.2 Å². The van der Waals surface area contributed by atoms with Gasteiger partial charge in [0.1, 0.15) is 0 Å². The van der Waals surface area contributed by atoms with Crippen LogP contribution in [0, 0.1) is 0 Å². The second-order valence-electron chi connectivity index (χ2n) is 4.37. The van der Waals surface area contributed by atoms with Gasteiger partial charge in [-0.25, -0.2) is 0 Å². The third kappa shape index (κ3) is 4.05. The molecule has 0 fully saturated rings. The lowest BCUT2D eigenvalue weighted by Gasteiger charge is -2.06. The number of hydrogen-bond donors (Lipinski definition) is 2. The molecule has 0 saturated carbocycles. The van der Waals surface area contributed by atoms with Gasteiger partial charge in [0.2, 0.25) is 0 Å². The molecular formula is C14H14BrN3O2S. The van der Waals surface area contributed by atoms with Crippen molar-refractivity contribution in [2.45, 2.75) is 11.8 Å². The van der Waals surface area contributed by atoms with E-state index in [1.165, 1.54) is 12.1 Å². The summed E-state index contributed by atoms with van der Waals surface area (Å²) in [7, 11) is -3.68. The Kier molecular flexibility index (Phi) is 4.64. The van der Waals surface area contributed by atoms with Gasteiger partial charge in [0.15, 0.2) is 0 Å². The highest BCUT2D eigenvalue weighted by molar-refractivity contribution is 9.10. The van der Waals surface area contributed by atoms with E-state index in [1.54, 1.807) is 37.3 Å². The SMILES string of the molecule is CC(=NNS(=O)(=O)c1ccc(Br)cc1)c1cccc(N)c1. The molecule has 110 valence electrons. The van der Waals surface area contributed by atoms with Crippen LogP contribution in [0.15, 0.2) is 63.0 Å². The van der Waals surface area contributed by atoms with Gasteiger partial charge in [-0.1, -0.05) is 28.1 Å². The zero-order chi connectivity index (χ0) is 15.5. The lowest BCUT2D eigenvalue weighted by atomic mass is 10.1. The highest BCUT2D eigenvalue weighted by Crippen LogP contribution is 2.14. The first-order valence-electron chi connectivity index (χ1n) is 6.06. The van der Waals surface area contributed by atoms with Crippen molar-refractivity contribution in [2.75, 3.05) is 5.73 Å². The van der Waals surface area contributed by atoms with Crippen molar-refractivity contribution in [1.82, 2.24) is 4.83 Å². The number of rotatable bonds is 4. The fourth-order valence-electron chi connectivity index (χ4n) is 1.62. The van der Waals surface area contributed by atoms with Crippen LogP contribution >= 0.6 is 15.9 Å². The first-order valence-corrected chi connectivity index (χ1v) is 8.34. The summed E-state index contributed by atoms with van der Waals surface area (Å²) in [5.41, 5.74) is 7.57. The number of nitrogens with two attached hydrogens (primary N) is 1. The van der Waals surface area contributed by atoms with E-state index in [2.05, 4.69) is 25.9 Å². The number of sulfonamides is 1. The van der Waals surface area contributed by atoms with Crippen LogP contribution in [0.1, 0.15) is 12.5 Å². The number of hydrazone groups is 1. The fraction of sp³-hybridized carbons (Fsp3) is 0.0714. The van der Waals surface area contributed by atoms with Gasteiger partial charge in [0.25, 0.3) is 10.0 Å². The molecule has 0 aromatic heterocycles. The zero-order valence-electron chi connectivity index (χ0n) is 11.2. The molecular weight excluding hydrogens is 354 g/mol. The molecule has 0 aliphatic heterocycles. The predicted octanol–water partition coefficient (Wildman–Crippen LogP) is 2.73. The molecule has 0 heterocycles. The molecule has 0 saturated heterocycles. The summed E-state index contributed by atoms with van der Waals surface area (Å²) in [6, 6.07) is 13.4.